The van der Waals surface area contributed by atoms with Gasteiger partial charge in [-0.3, -0.25) is 4.79 Å². The first kappa shape index (κ1) is 15.0. The molecule has 0 radical (unpaired) electrons. The number of ether oxygens (including phenoxy) is 2. The van der Waals surface area contributed by atoms with E-state index in [0.717, 1.165) is 5.56 Å². The summed E-state index contributed by atoms with van der Waals surface area (Å²) >= 11 is 0. The lowest BCUT2D eigenvalue weighted by Crippen LogP contribution is -2.00. The summed E-state index contributed by atoms with van der Waals surface area (Å²) in [5.41, 5.74) is 0.922. The molecule has 110 valence electrons. The molecule has 0 unspecified atom stereocenters. The average Bonchev–Trinajstić information content (AvgIpc) is 2.51. The second kappa shape index (κ2) is 7.43. The number of carbonyl (C=O) groups is 1. The Hall–Kier alpha value is -2.36. The van der Waals surface area contributed by atoms with Crippen LogP contribution in [0, 0.1) is 5.82 Å². The van der Waals surface area contributed by atoms with Gasteiger partial charge in [0.2, 0.25) is 0 Å². The number of hydrogen-bond donors (Lipinski definition) is 0. The van der Waals surface area contributed by atoms with Crippen LogP contribution in [0.4, 0.5) is 4.39 Å². The maximum atomic E-state index is 13.8. The molecule has 0 N–H and O–H groups in total. The van der Waals surface area contributed by atoms with Gasteiger partial charge in [-0.15, -0.1) is 0 Å². The number of aryl methyl sites for hydroxylation is 1. The van der Waals surface area contributed by atoms with Crippen molar-refractivity contribution in [3.63, 3.8) is 0 Å². The van der Waals surface area contributed by atoms with Crippen LogP contribution in [0.1, 0.15) is 18.4 Å². The van der Waals surface area contributed by atoms with Gasteiger partial charge in [-0.2, -0.15) is 0 Å². The third-order valence-electron chi connectivity index (χ3n) is 3.04. The first-order valence-electron chi connectivity index (χ1n) is 6.77. The molecule has 0 bridgehead atoms. The third-order valence-corrected chi connectivity index (χ3v) is 3.04. The number of benzene rings is 2. The Labute approximate surface area is 123 Å². The Morgan fingerprint density at radius 2 is 1.90 bits per heavy atom. The smallest absolute Gasteiger partial charge is 0.305 e. The van der Waals surface area contributed by atoms with E-state index < -0.39 is 5.82 Å². The highest BCUT2D eigenvalue weighted by molar-refractivity contribution is 5.69. The van der Waals surface area contributed by atoms with Crippen LogP contribution in [-0.4, -0.2) is 13.1 Å². The van der Waals surface area contributed by atoms with Crippen LogP contribution in [0.2, 0.25) is 0 Å². The molecule has 0 saturated heterocycles. The van der Waals surface area contributed by atoms with E-state index in [0.29, 0.717) is 25.0 Å². The van der Waals surface area contributed by atoms with Gasteiger partial charge in [-0.25, -0.2) is 4.39 Å². The minimum atomic E-state index is -0.407. The summed E-state index contributed by atoms with van der Waals surface area (Å²) in [4.78, 5) is 11.1. The summed E-state index contributed by atoms with van der Waals surface area (Å²) < 4.78 is 23.9. The molecule has 0 atom stereocenters. The second-order valence-corrected chi connectivity index (χ2v) is 4.61. The fraction of sp³-hybridized carbons (Fsp3) is 0.235. The van der Waals surface area contributed by atoms with Crippen molar-refractivity contribution < 1.29 is 18.7 Å². The minimum Gasteiger partial charge on any atom is -0.469 e. The summed E-state index contributed by atoms with van der Waals surface area (Å²) in [5, 5.41) is 0. The van der Waals surface area contributed by atoms with E-state index in [9.17, 15) is 9.18 Å². The number of halogens is 1. The molecular formula is C17H17FO3. The number of esters is 1. The maximum Gasteiger partial charge on any atom is 0.305 e. The zero-order valence-electron chi connectivity index (χ0n) is 11.8. The van der Waals surface area contributed by atoms with Gasteiger partial charge in [0.1, 0.15) is 5.75 Å². The molecule has 0 fully saturated rings. The van der Waals surface area contributed by atoms with Crippen molar-refractivity contribution >= 4 is 5.97 Å². The van der Waals surface area contributed by atoms with E-state index in [1.54, 1.807) is 24.3 Å². The summed E-state index contributed by atoms with van der Waals surface area (Å²) in [7, 11) is 1.37. The first-order valence-corrected chi connectivity index (χ1v) is 6.77. The van der Waals surface area contributed by atoms with Crippen molar-refractivity contribution in [1.29, 1.82) is 0 Å². The largest absolute Gasteiger partial charge is 0.469 e. The lowest BCUT2D eigenvalue weighted by atomic mass is 10.1. The van der Waals surface area contributed by atoms with Crippen LogP contribution in [0.3, 0.4) is 0 Å². The van der Waals surface area contributed by atoms with Crippen LogP contribution in [0.5, 0.6) is 11.5 Å². The Bertz CT molecular complexity index is 596. The SMILES string of the molecule is COC(=O)CCCc1ccc(F)c(Oc2ccccc2)c1. The normalized spacial score (nSPS) is 10.2. The van der Waals surface area contributed by atoms with Gasteiger partial charge in [0, 0.05) is 6.42 Å². The van der Waals surface area contributed by atoms with Gasteiger partial charge in [0.25, 0.3) is 0 Å². The molecule has 2 aromatic carbocycles. The van der Waals surface area contributed by atoms with Crippen molar-refractivity contribution in [3.8, 4) is 11.5 Å². The van der Waals surface area contributed by atoms with Crippen molar-refractivity contribution in [3.05, 3.63) is 59.9 Å². The van der Waals surface area contributed by atoms with Gasteiger partial charge in [0.15, 0.2) is 11.6 Å². The van der Waals surface area contributed by atoms with Gasteiger partial charge >= 0.3 is 5.97 Å². The summed E-state index contributed by atoms with van der Waals surface area (Å²) in [6.45, 7) is 0. The van der Waals surface area contributed by atoms with Crippen LogP contribution in [0.15, 0.2) is 48.5 Å². The molecular weight excluding hydrogens is 271 g/mol. The molecule has 4 heteroatoms. The predicted octanol–water partition coefficient (Wildman–Crippen LogP) is 4.11. The van der Waals surface area contributed by atoms with Crippen molar-refractivity contribution in [2.24, 2.45) is 0 Å². The second-order valence-electron chi connectivity index (χ2n) is 4.61. The standard InChI is InChI=1S/C17H17FO3/c1-20-17(19)9-5-6-13-10-11-15(18)16(12-13)21-14-7-3-2-4-8-14/h2-4,7-8,10-12H,5-6,9H2,1H3. The number of hydrogen-bond acceptors (Lipinski definition) is 3. The Morgan fingerprint density at radius 1 is 1.14 bits per heavy atom. The van der Waals surface area contributed by atoms with Crippen molar-refractivity contribution in [2.45, 2.75) is 19.3 Å². The highest BCUT2D eigenvalue weighted by Crippen LogP contribution is 2.25. The molecule has 2 aromatic rings. The zero-order valence-corrected chi connectivity index (χ0v) is 11.8. The van der Waals surface area contributed by atoms with Gasteiger partial charge in [-0.05, 0) is 42.7 Å². The molecule has 0 aliphatic carbocycles. The molecule has 0 aliphatic heterocycles. The molecule has 21 heavy (non-hydrogen) atoms. The molecule has 0 spiro atoms. The molecule has 0 aliphatic rings. The number of carbonyl (C=O) groups excluding carboxylic acids is 1. The number of rotatable bonds is 6. The minimum absolute atomic E-state index is 0.191. The topological polar surface area (TPSA) is 35.5 Å². The lowest BCUT2D eigenvalue weighted by molar-refractivity contribution is -0.140. The summed E-state index contributed by atoms with van der Waals surface area (Å²) in [6.07, 6.45) is 1.67. The van der Waals surface area contributed by atoms with Crippen LogP contribution < -0.4 is 4.74 Å². The molecule has 0 aromatic heterocycles. The van der Waals surface area contributed by atoms with Gasteiger partial charge < -0.3 is 9.47 Å². The van der Waals surface area contributed by atoms with Crippen LogP contribution in [-0.2, 0) is 16.0 Å². The Kier molecular flexibility index (Phi) is 5.32. The van der Waals surface area contributed by atoms with Gasteiger partial charge in [-0.1, -0.05) is 24.3 Å². The quantitative estimate of drug-likeness (QED) is 0.750. The molecule has 0 amide bonds. The zero-order chi connectivity index (χ0) is 15.1. The summed E-state index contributed by atoms with van der Waals surface area (Å²) in [6, 6.07) is 13.8. The molecule has 0 heterocycles. The van der Waals surface area contributed by atoms with Crippen molar-refractivity contribution in [2.75, 3.05) is 7.11 Å². The maximum absolute atomic E-state index is 13.8. The summed E-state index contributed by atoms with van der Waals surface area (Å²) in [5.74, 6) is 0.133. The molecule has 2 rings (SSSR count). The average molecular weight is 288 g/mol. The van der Waals surface area contributed by atoms with E-state index in [-0.39, 0.29) is 11.7 Å². The van der Waals surface area contributed by atoms with E-state index in [1.807, 2.05) is 18.2 Å². The first-order chi connectivity index (χ1) is 10.2. The van der Waals surface area contributed by atoms with Crippen molar-refractivity contribution in [1.82, 2.24) is 0 Å². The fourth-order valence-corrected chi connectivity index (χ4v) is 1.94. The fourth-order valence-electron chi connectivity index (χ4n) is 1.94. The van der Waals surface area contributed by atoms with Gasteiger partial charge in [0.05, 0.1) is 7.11 Å². The van der Waals surface area contributed by atoms with E-state index in [1.165, 1.54) is 13.2 Å². The van der Waals surface area contributed by atoms with E-state index in [4.69, 9.17) is 4.74 Å². The molecule has 3 nitrogen and oxygen atoms in total. The third kappa shape index (κ3) is 4.60. The predicted molar refractivity (Wildman–Crippen MR) is 77.9 cm³/mol. The highest BCUT2D eigenvalue weighted by atomic mass is 19.1. The Balaban J connectivity index is 2.01. The van der Waals surface area contributed by atoms with E-state index in [2.05, 4.69) is 4.74 Å². The molecule has 0 saturated carbocycles. The number of methoxy groups -OCH3 is 1. The van der Waals surface area contributed by atoms with Crippen LogP contribution in [0.25, 0.3) is 0 Å². The highest BCUT2D eigenvalue weighted by Gasteiger charge is 2.07. The monoisotopic (exact) mass is 288 g/mol. The Morgan fingerprint density at radius 3 is 2.62 bits per heavy atom. The lowest BCUT2D eigenvalue weighted by Gasteiger charge is -2.09. The van der Waals surface area contributed by atoms with Crippen LogP contribution >= 0.6 is 0 Å². The van der Waals surface area contributed by atoms with E-state index >= 15 is 0 Å². The number of para-hydroxylation sites is 1.